The average Bonchev–Trinajstić information content (AvgIpc) is 2.21. The van der Waals surface area contributed by atoms with Crippen molar-refractivity contribution < 1.29 is 14.2 Å². The lowest BCUT2D eigenvalue weighted by atomic mass is 9.90. The van der Waals surface area contributed by atoms with Crippen LogP contribution in [0.1, 0.15) is 25.0 Å². The first-order chi connectivity index (χ1) is 7.36. The number of benzene rings is 1. The number of aliphatic hydroxyl groups is 1. The highest BCUT2D eigenvalue weighted by Gasteiger charge is 2.29. The Hall–Kier alpha value is -0.930. The highest BCUT2D eigenvalue weighted by molar-refractivity contribution is 5.28. The van der Waals surface area contributed by atoms with Crippen LogP contribution in [0.25, 0.3) is 0 Å². The SMILES string of the molecule is COC(C)C(C)(O)Cc1ccc(F)cc1C. The van der Waals surface area contributed by atoms with E-state index in [0.29, 0.717) is 6.42 Å². The zero-order chi connectivity index (χ0) is 12.3. The Balaban J connectivity index is 2.87. The maximum atomic E-state index is 12.9. The Kier molecular flexibility index (Phi) is 4.05. The van der Waals surface area contributed by atoms with Crippen molar-refractivity contribution in [3.8, 4) is 0 Å². The van der Waals surface area contributed by atoms with Gasteiger partial charge in [-0.05, 0) is 44.0 Å². The molecule has 0 aromatic heterocycles. The van der Waals surface area contributed by atoms with E-state index in [9.17, 15) is 9.50 Å². The largest absolute Gasteiger partial charge is 0.387 e. The molecule has 2 nitrogen and oxygen atoms in total. The standard InChI is InChI=1S/C13H19FO2/c1-9-7-12(14)6-5-11(9)8-13(3,15)10(2)16-4/h5-7,10,15H,8H2,1-4H3. The van der Waals surface area contributed by atoms with Gasteiger partial charge in [-0.2, -0.15) is 0 Å². The Labute approximate surface area is 96.1 Å². The van der Waals surface area contributed by atoms with Crippen LogP contribution in [0.4, 0.5) is 4.39 Å². The van der Waals surface area contributed by atoms with Crippen molar-refractivity contribution in [2.45, 2.75) is 38.9 Å². The van der Waals surface area contributed by atoms with E-state index in [0.717, 1.165) is 11.1 Å². The minimum absolute atomic E-state index is 0.249. The summed E-state index contributed by atoms with van der Waals surface area (Å²) in [5.74, 6) is -0.249. The molecule has 1 rings (SSSR count). The van der Waals surface area contributed by atoms with Crippen LogP contribution in [0, 0.1) is 12.7 Å². The van der Waals surface area contributed by atoms with Crippen molar-refractivity contribution in [2.75, 3.05) is 7.11 Å². The zero-order valence-corrected chi connectivity index (χ0v) is 10.2. The fraction of sp³-hybridized carbons (Fsp3) is 0.538. The van der Waals surface area contributed by atoms with Gasteiger partial charge in [-0.1, -0.05) is 6.07 Å². The first kappa shape index (κ1) is 13.1. The molecule has 2 atom stereocenters. The number of ether oxygens (including phenoxy) is 1. The summed E-state index contributed by atoms with van der Waals surface area (Å²) in [5, 5.41) is 10.2. The van der Waals surface area contributed by atoms with Gasteiger partial charge in [0.2, 0.25) is 0 Å². The molecule has 1 N–H and O–H groups in total. The van der Waals surface area contributed by atoms with Crippen LogP contribution in [-0.2, 0) is 11.2 Å². The summed E-state index contributed by atoms with van der Waals surface area (Å²) in [6, 6.07) is 4.60. The quantitative estimate of drug-likeness (QED) is 0.854. The summed E-state index contributed by atoms with van der Waals surface area (Å²) >= 11 is 0. The number of hydrogen-bond donors (Lipinski definition) is 1. The number of hydrogen-bond acceptors (Lipinski definition) is 2. The van der Waals surface area contributed by atoms with Crippen molar-refractivity contribution >= 4 is 0 Å². The Bertz CT molecular complexity index is 361. The molecule has 1 aromatic rings. The maximum Gasteiger partial charge on any atom is 0.123 e. The maximum absolute atomic E-state index is 12.9. The second kappa shape index (κ2) is 4.93. The molecule has 0 radical (unpaired) electrons. The lowest BCUT2D eigenvalue weighted by Crippen LogP contribution is -2.40. The summed E-state index contributed by atoms with van der Waals surface area (Å²) in [4.78, 5) is 0. The minimum atomic E-state index is -0.947. The lowest BCUT2D eigenvalue weighted by molar-refractivity contribution is -0.0716. The number of rotatable bonds is 4. The monoisotopic (exact) mass is 226 g/mol. The molecular weight excluding hydrogens is 207 g/mol. The van der Waals surface area contributed by atoms with Gasteiger partial charge in [-0.25, -0.2) is 4.39 Å². The van der Waals surface area contributed by atoms with Crippen LogP contribution in [0.3, 0.4) is 0 Å². The first-order valence-electron chi connectivity index (χ1n) is 5.37. The summed E-state index contributed by atoms with van der Waals surface area (Å²) in [6.45, 7) is 5.38. The van der Waals surface area contributed by atoms with Crippen LogP contribution in [0.15, 0.2) is 18.2 Å². The summed E-state index contributed by atoms with van der Waals surface area (Å²) in [6.07, 6.45) is 0.186. The van der Waals surface area contributed by atoms with Crippen molar-refractivity contribution in [1.29, 1.82) is 0 Å². The summed E-state index contributed by atoms with van der Waals surface area (Å²) < 4.78 is 18.0. The van der Waals surface area contributed by atoms with Crippen molar-refractivity contribution in [1.82, 2.24) is 0 Å². The van der Waals surface area contributed by atoms with Crippen LogP contribution in [0.5, 0.6) is 0 Å². The van der Waals surface area contributed by atoms with Gasteiger partial charge >= 0.3 is 0 Å². The highest BCUT2D eigenvalue weighted by atomic mass is 19.1. The molecule has 0 aliphatic carbocycles. The molecule has 0 amide bonds. The predicted octanol–water partition coefficient (Wildman–Crippen LogP) is 2.46. The van der Waals surface area contributed by atoms with Crippen molar-refractivity contribution in [2.24, 2.45) is 0 Å². The summed E-state index contributed by atoms with van der Waals surface area (Å²) in [5.41, 5.74) is 0.844. The van der Waals surface area contributed by atoms with Gasteiger partial charge in [0.05, 0.1) is 11.7 Å². The molecule has 0 heterocycles. The molecule has 0 fully saturated rings. The molecule has 0 spiro atoms. The van der Waals surface area contributed by atoms with E-state index < -0.39 is 5.60 Å². The highest BCUT2D eigenvalue weighted by Crippen LogP contribution is 2.21. The molecule has 0 aliphatic heterocycles. The number of halogens is 1. The third-order valence-corrected chi connectivity index (χ3v) is 3.08. The Morgan fingerprint density at radius 1 is 1.50 bits per heavy atom. The molecule has 2 unspecified atom stereocenters. The number of methoxy groups -OCH3 is 1. The molecule has 0 saturated heterocycles. The van der Waals surface area contributed by atoms with E-state index in [-0.39, 0.29) is 11.9 Å². The van der Waals surface area contributed by atoms with E-state index >= 15 is 0 Å². The van der Waals surface area contributed by atoms with Gasteiger partial charge in [0.1, 0.15) is 5.82 Å². The van der Waals surface area contributed by atoms with Crippen molar-refractivity contribution in [3.63, 3.8) is 0 Å². The number of aryl methyl sites for hydroxylation is 1. The van der Waals surface area contributed by atoms with E-state index in [1.54, 1.807) is 20.1 Å². The van der Waals surface area contributed by atoms with E-state index in [2.05, 4.69) is 0 Å². The molecule has 0 aliphatic rings. The van der Waals surface area contributed by atoms with Crippen LogP contribution in [-0.4, -0.2) is 23.9 Å². The molecule has 90 valence electrons. The smallest absolute Gasteiger partial charge is 0.123 e. The predicted molar refractivity (Wildman–Crippen MR) is 61.9 cm³/mol. The van der Waals surface area contributed by atoms with Gasteiger partial charge in [-0.3, -0.25) is 0 Å². The van der Waals surface area contributed by atoms with Crippen LogP contribution < -0.4 is 0 Å². The minimum Gasteiger partial charge on any atom is -0.387 e. The average molecular weight is 226 g/mol. The molecule has 0 bridgehead atoms. The topological polar surface area (TPSA) is 29.5 Å². The van der Waals surface area contributed by atoms with E-state index in [1.165, 1.54) is 12.1 Å². The fourth-order valence-electron chi connectivity index (χ4n) is 1.64. The second-order valence-electron chi connectivity index (χ2n) is 4.48. The van der Waals surface area contributed by atoms with Gasteiger partial charge in [0.25, 0.3) is 0 Å². The second-order valence-corrected chi connectivity index (χ2v) is 4.48. The van der Waals surface area contributed by atoms with Gasteiger partial charge < -0.3 is 9.84 Å². The molecule has 3 heteroatoms. The third-order valence-electron chi connectivity index (χ3n) is 3.08. The Morgan fingerprint density at radius 2 is 2.12 bits per heavy atom. The Morgan fingerprint density at radius 3 is 2.62 bits per heavy atom. The van der Waals surface area contributed by atoms with E-state index in [4.69, 9.17) is 4.74 Å². The fourth-order valence-corrected chi connectivity index (χ4v) is 1.64. The molecule has 16 heavy (non-hydrogen) atoms. The third kappa shape index (κ3) is 3.03. The van der Waals surface area contributed by atoms with E-state index in [1.807, 2.05) is 13.8 Å². The normalized spacial score (nSPS) is 16.9. The van der Waals surface area contributed by atoms with Gasteiger partial charge in [0, 0.05) is 13.5 Å². The molecule has 1 aromatic carbocycles. The van der Waals surface area contributed by atoms with Gasteiger partial charge in [0.15, 0.2) is 0 Å². The van der Waals surface area contributed by atoms with Crippen LogP contribution >= 0.6 is 0 Å². The molecular formula is C13H19FO2. The first-order valence-corrected chi connectivity index (χ1v) is 5.37. The molecule has 0 saturated carbocycles. The van der Waals surface area contributed by atoms with Crippen LogP contribution in [0.2, 0.25) is 0 Å². The zero-order valence-electron chi connectivity index (χ0n) is 10.2. The van der Waals surface area contributed by atoms with Crippen molar-refractivity contribution in [3.05, 3.63) is 35.1 Å². The summed E-state index contributed by atoms with van der Waals surface area (Å²) in [7, 11) is 1.57. The lowest BCUT2D eigenvalue weighted by Gasteiger charge is -2.29. The van der Waals surface area contributed by atoms with Gasteiger partial charge in [-0.15, -0.1) is 0 Å².